The van der Waals surface area contributed by atoms with Gasteiger partial charge in [0, 0.05) is 12.1 Å². The third-order valence-corrected chi connectivity index (χ3v) is 4.32. The molecule has 0 saturated carbocycles. The summed E-state index contributed by atoms with van der Waals surface area (Å²) in [7, 11) is 0. The molecule has 1 fully saturated rings. The molecule has 0 aliphatic carbocycles. The van der Waals surface area contributed by atoms with Crippen LogP contribution < -0.4 is 0 Å². The normalized spacial score (nSPS) is 19.4. The topological polar surface area (TPSA) is 77.8 Å². The first-order valence-corrected chi connectivity index (χ1v) is 8.06. The highest BCUT2D eigenvalue weighted by molar-refractivity contribution is 6.46. The van der Waals surface area contributed by atoms with E-state index in [2.05, 4.69) is 0 Å². The number of aliphatic hydroxyl groups is 2. The predicted octanol–water partition coefficient (Wildman–Crippen LogP) is 2.41. The van der Waals surface area contributed by atoms with Gasteiger partial charge in [-0.05, 0) is 12.5 Å². The van der Waals surface area contributed by atoms with Crippen LogP contribution in [0.3, 0.4) is 0 Å². The lowest BCUT2D eigenvalue weighted by Crippen LogP contribution is -2.32. The highest BCUT2D eigenvalue weighted by Crippen LogP contribution is 2.39. The second-order valence-electron chi connectivity index (χ2n) is 5.99. The van der Waals surface area contributed by atoms with E-state index in [9.17, 15) is 19.8 Å². The van der Waals surface area contributed by atoms with Crippen molar-refractivity contribution in [2.24, 2.45) is 0 Å². The van der Waals surface area contributed by atoms with Crippen LogP contribution >= 0.6 is 0 Å². The summed E-state index contributed by atoms with van der Waals surface area (Å²) in [5, 5.41) is 20.0. The summed E-state index contributed by atoms with van der Waals surface area (Å²) >= 11 is 0. The van der Waals surface area contributed by atoms with E-state index < -0.39 is 17.7 Å². The SMILES string of the molecule is Cc1ccc(C2/C(=C(\O)c3ccccc3)C(=O)C(=O)N2CCO)cc1. The maximum Gasteiger partial charge on any atom is 0.295 e. The second-order valence-corrected chi connectivity index (χ2v) is 5.99. The van der Waals surface area contributed by atoms with Crippen LogP contribution in [0, 0.1) is 6.92 Å². The Kier molecular flexibility index (Phi) is 4.67. The van der Waals surface area contributed by atoms with E-state index >= 15 is 0 Å². The lowest BCUT2D eigenvalue weighted by Gasteiger charge is -2.24. The van der Waals surface area contributed by atoms with E-state index in [0.29, 0.717) is 5.56 Å². The molecule has 2 N–H and O–H groups in total. The first kappa shape index (κ1) is 16.9. The monoisotopic (exact) mass is 337 g/mol. The fraction of sp³-hybridized carbons (Fsp3) is 0.200. The molecule has 25 heavy (non-hydrogen) atoms. The number of β-amino-alcohol motifs (C(OH)–C–C–N with tert-alkyl or cyclic N) is 1. The summed E-state index contributed by atoms with van der Waals surface area (Å²) in [6.45, 7) is 1.70. The van der Waals surface area contributed by atoms with Crippen molar-refractivity contribution in [2.45, 2.75) is 13.0 Å². The van der Waals surface area contributed by atoms with Crippen LogP contribution in [0.4, 0.5) is 0 Å². The number of likely N-dealkylation sites (tertiary alicyclic amines) is 1. The van der Waals surface area contributed by atoms with Gasteiger partial charge < -0.3 is 15.1 Å². The lowest BCUT2D eigenvalue weighted by atomic mass is 9.95. The van der Waals surface area contributed by atoms with Crippen molar-refractivity contribution < 1.29 is 19.8 Å². The van der Waals surface area contributed by atoms with Crippen LogP contribution in [-0.2, 0) is 9.59 Å². The van der Waals surface area contributed by atoms with Crippen LogP contribution in [0.25, 0.3) is 5.76 Å². The Hall–Kier alpha value is -2.92. The Morgan fingerprint density at radius 1 is 1.04 bits per heavy atom. The molecule has 0 spiro atoms. The molecule has 1 aliphatic heterocycles. The molecule has 5 heteroatoms. The van der Waals surface area contributed by atoms with Gasteiger partial charge in [0.15, 0.2) is 0 Å². The highest BCUT2D eigenvalue weighted by Gasteiger charge is 2.45. The fourth-order valence-electron chi connectivity index (χ4n) is 3.07. The van der Waals surface area contributed by atoms with Crippen LogP contribution in [-0.4, -0.2) is 40.0 Å². The van der Waals surface area contributed by atoms with Crippen molar-refractivity contribution in [1.29, 1.82) is 0 Å². The molecule has 3 rings (SSSR count). The Labute approximate surface area is 145 Å². The van der Waals surface area contributed by atoms with E-state index in [1.807, 2.05) is 31.2 Å². The molecule has 1 amide bonds. The molecular formula is C20H19NO4. The molecule has 2 aromatic carbocycles. The van der Waals surface area contributed by atoms with Gasteiger partial charge in [-0.25, -0.2) is 0 Å². The minimum absolute atomic E-state index is 0.0225. The van der Waals surface area contributed by atoms with Crippen LogP contribution in [0.5, 0.6) is 0 Å². The average molecular weight is 337 g/mol. The summed E-state index contributed by atoms with van der Waals surface area (Å²) in [4.78, 5) is 26.3. The van der Waals surface area contributed by atoms with Gasteiger partial charge in [0.05, 0.1) is 18.2 Å². The van der Waals surface area contributed by atoms with E-state index in [1.54, 1.807) is 30.3 Å². The standard InChI is InChI=1S/C20H19NO4/c1-13-7-9-14(10-8-13)17-16(18(23)15-5-3-2-4-6-15)19(24)20(25)21(17)11-12-22/h2-10,17,22-23H,11-12H2,1H3/b18-16+. The number of Topliss-reactive ketones (excluding diaryl/α,β-unsaturated/α-hetero) is 1. The molecule has 5 nitrogen and oxygen atoms in total. The van der Waals surface area contributed by atoms with Crippen molar-refractivity contribution in [3.8, 4) is 0 Å². The van der Waals surface area contributed by atoms with Gasteiger partial charge >= 0.3 is 0 Å². The Morgan fingerprint density at radius 3 is 2.28 bits per heavy atom. The fourth-order valence-corrected chi connectivity index (χ4v) is 3.07. The molecule has 1 heterocycles. The average Bonchev–Trinajstić information content (AvgIpc) is 2.88. The third-order valence-electron chi connectivity index (χ3n) is 4.32. The molecule has 2 aromatic rings. The number of aryl methyl sites for hydroxylation is 1. The summed E-state index contributed by atoms with van der Waals surface area (Å²) in [5.74, 6) is -1.65. The molecule has 128 valence electrons. The van der Waals surface area contributed by atoms with Gasteiger partial charge in [0.25, 0.3) is 11.7 Å². The summed E-state index contributed by atoms with van der Waals surface area (Å²) in [6, 6.07) is 15.4. The number of carbonyl (C=O) groups is 2. The van der Waals surface area contributed by atoms with E-state index in [1.165, 1.54) is 4.90 Å². The quantitative estimate of drug-likeness (QED) is 0.510. The summed E-state index contributed by atoms with van der Waals surface area (Å²) < 4.78 is 0. The van der Waals surface area contributed by atoms with E-state index in [0.717, 1.165) is 11.1 Å². The summed E-state index contributed by atoms with van der Waals surface area (Å²) in [6.07, 6.45) is 0. The van der Waals surface area contributed by atoms with Gasteiger partial charge in [0.1, 0.15) is 5.76 Å². The molecule has 0 radical (unpaired) electrons. The first-order chi connectivity index (χ1) is 12.0. The summed E-state index contributed by atoms with van der Waals surface area (Å²) in [5.41, 5.74) is 2.29. The molecule has 1 aliphatic rings. The zero-order valence-corrected chi connectivity index (χ0v) is 13.8. The van der Waals surface area contributed by atoms with Gasteiger partial charge in [0.2, 0.25) is 0 Å². The molecule has 1 atom stereocenters. The largest absolute Gasteiger partial charge is 0.507 e. The maximum absolute atomic E-state index is 12.6. The molecular weight excluding hydrogens is 318 g/mol. The minimum atomic E-state index is -0.736. The zero-order chi connectivity index (χ0) is 18.0. The van der Waals surface area contributed by atoms with Crippen molar-refractivity contribution in [3.05, 3.63) is 76.9 Å². The Balaban J connectivity index is 2.18. The van der Waals surface area contributed by atoms with Crippen molar-refractivity contribution in [2.75, 3.05) is 13.2 Å². The Morgan fingerprint density at radius 2 is 1.68 bits per heavy atom. The lowest BCUT2D eigenvalue weighted by molar-refractivity contribution is -0.140. The minimum Gasteiger partial charge on any atom is -0.507 e. The number of carbonyl (C=O) groups excluding carboxylic acids is 2. The van der Waals surface area contributed by atoms with Crippen molar-refractivity contribution in [3.63, 3.8) is 0 Å². The maximum atomic E-state index is 12.6. The Bertz CT molecular complexity index is 825. The molecule has 1 saturated heterocycles. The van der Waals surface area contributed by atoms with Gasteiger partial charge in [-0.1, -0.05) is 60.2 Å². The van der Waals surface area contributed by atoms with Crippen LogP contribution in [0.2, 0.25) is 0 Å². The smallest absolute Gasteiger partial charge is 0.295 e. The van der Waals surface area contributed by atoms with Gasteiger partial charge in [-0.2, -0.15) is 0 Å². The predicted molar refractivity (Wildman–Crippen MR) is 93.7 cm³/mol. The zero-order valence-electron chi connectivity index (χ0n) is 13.8. The number of amides is 1. The molecule has 0 bridgehead atoms. The number of nitrogens with zero attached hydrogens (tertiary/aromatic N) is 1. The first-order valence-electron chi connectivity index (χ1n) is 8.06. The van der Waals surface area contributed by atoms with Gasteiger partial charge in [-0.3, -0.25) is 9.59 Å². The van der Waals surface area contributed by atoms with E-state index in [4.69, 9.17) is 0 Å². The van der Waals surface area contributed by atoms with Crippen LogP contribution in [0.15, 0.2) is 60.2 Å². The number of rotatable bonds is 4. The third kappa shape index (κ3) is 3.06. The van der Waals surface area contributed by atoms with E-state index in [-0.39, 0.29) is 24.5 Å². The number of aliphatic hydroxyl groups excluding tert-OH is 2. The molecule has 0 aromatic heterocycles. The number of benzene rings is 2. The highest BCUT2D eigenvalue weighted by atomic mass is 16.3. The number of ketones is 1. The molecule has 1 unspecified atom stereocenters. The van der Waals surface area contributed by atoms with Crippen LogP contribution in [0.1, 0.15) is 22.7 Å². The number of hydrogen-bond donors (Lipinski definition) is 2. The number of hydrogen-bond acceptors (Lipinski definition) is 4. The second kappa shape index (κ2) is 6.91. The van der Waals surface area contributed by atoms with Crippen molar-refractivity contribution >= 4 is 17.4 Å². The van der Waals surface area contributed by atoms with Gasteiger partial charge in [-0.15, -0.1) is 0 Å². The van der Waals surface area contributed by atoms with Crippen molar-refractivity contribution in [1.82, 2.24) is 4.90 Å².